The van der Waals surface area contributed by atoms with E-state index in [-0.39, 0.29) is 5.84 Å². The highest BCUT2D eigenvalue weighted by Gasteiger charge is 1.98. The second-order valence-corrected chi connectivity index (χ2v) is 3.36. The zero-order valence-corrected chi connectivity index (χ0v) is 9.02. The maximum atomic E-state index is 5.65. The first kappa shape index (κ1) is 12.0. The highest BCUT2D eigenvalue weighted by molar-refractivity contribution is 6.31. The van der Waals surface area contributed by atoms with E-state index in [0.717, 1.165) is 12.0 Å². The van der Waals surface area contributed by atoms with Crippen molar-refractivity contribution in [2.75, 3.05) is 0 Å². The summed E-state index contributed by atoms with van der Waals surface area (Å²) in [5.74, 6) is 0.264. The molecule has 13 heavy (non-hydrogen) atoms. The molecule has 0 heterocycles. The summed E-state index contributed by atoms with van der Waals surface area (Å²) in [6.07, 6.45) is 2.64. The van der Waals surface area contributed by atoms with Crippen molar-refractivity contribution < 1.29 is 0 Å². The SMILES string of the molecule is CCC(C)=CN=C(N)/C(N)=C(\C)Cl. The second kappa shape index (κ2) is 5.65. The number of rotatable bonds is 3. The van der Waals surface area contributed by atoms with Gasteiger partial charge in [-0.25, -0.2) is 4.99 Å². The van der Waals surface area contributed by atoms with Gasteiger partial charge >= 0.3 is 0 Å². The Hall–Kier alpha value is -0.960. The van der Waals surface area contributed by atoms with Gasteiger partial charge in [-0.3, -0.25) is 0 Å². The van der Waals surface area contributed by atoms with E-state index < -0.39 is 0 Å². The third kappa shape index (κ3) is 4.58. The van der Waals surface area contributed by atoms with Crippen LogP contribution in [-0.2, 0) is 0 Å². The number of aliphatic imine (C=N–C) groups is 1. The molecule has 0 aliphatic rings. The zero-order chi connectivity index (χ0) is 10.4. The lowest BCUT2D eigenvalue weighted by Crippen LogP contribution is -2.21. The zero-order valence-electron chi connectivity index (χ0n) is 8.26. The smallest absolute Gasteiger partial charge is 0.147 e. The van der Waals surface area contributed by atoms with E-state index in [2.05, 4.69) is 4.99 Å². The molecule has 0 unspecified atom stereocenters. The van der Waals surface area contributed by atoms with E-state index in [1.54, 1.807) is 13.1 Å². The number of allylic oxidation sites excluding steroid dienone is 2. The summed E-state index contributed by atoms with van der Waals surface area (Å²) in [7, 11) is 0. The summed E-state index contributed by atoms with van der Waals surface area (Å²) in [6, 6.07) is 0. The fraction of sp³-hybridized carbons (Fsp3) is 0.444. The van der Waals surface area contributed by atoms with E-state index in [4.69, 9.17) is 23.1 Å². The minimum absolute atomic E-state index is 0.264. The number of nitrogens with zero attached hydrogens (tertiary/aromatic N) is 1. The Labute approximate surface area is 84.2 Å². The second-order valence-electron chi connectivity index (χ2n) is 2.79. The van der Waals surface area contributed by atoms with Gasteiger partial charge in [0.15, 0.2) is 0 Å². The fourth-order valence-electron chi connectivity index (χ4n) is 0.517. The van der Waals surface area contributed by atoms with Crippen LogP contribution in [0.25, 0.3) is 0 Å². The van der Waals surface area contributed by atoms with Crippen molar-refractivity contribution >= 4 is 17.4 Å². The molecule has 0 fully saturated rings. The first-order chi connectivity index (χ1) is 5.99. The maximum absolute atomic E-state index is 5.65. The summed E-state index contributed by atoms with van der Waals surface area (Å²) in [5, 5.41) is 0.462. The van der Waals surface area contributed by atoms with Gasteiger partial charge < -0.3 is 11.5 Å². The molecule has 0 aromatic carbocycles. The molecule has 3 nitrogen and oxygen atoms in total. The minimum atomic E-state index is 0.264. The average Bonchev–Trinajstić information content (AvgIpc) is 2.11. The first-order valence-corrected chi connectivity index (χ1v) is 4.48. The van der Waals surface area contributed by atoms with E-state index >= 15 is 0 Å². The van der Waals surface area contributed by atoms with E-state index in [1.807, 2.05) is 13.8 Å². The maximum Gasteiger partial charge on any atom is 0.147 e. The van der Waals surface area contributed by atoms with Gasteiger partial charge in [0, 0.05) is 11.2 Å². The Morgan fingerprint density at radius 3 is 2.31 bits per heavy atom. The van der Waals surface area contributed by atoms with Crippen molar-refractivity contribution in [2.24, 2.45) is 16.5 Å². The molecule has 0 aromatic heterocycles. The van der Waals surface area contributed by atoms with Crippen LogP contribution < -0.4 is 11.5 Å². The molecule has 0 atom stereocenters. The molecule has 0 saturated heterocycles. The number of nitrogens with two attached hydrogens (primary N) is 2. The summed E-state index contributed by atoms with van der Waals surface area (Å²) >= 11 is 5.65. The molecule has 0 spiro atoms. The third-order valence-electron chi connectivity index (χ3n) is 1.63. The van der Waals surface area contributed by atoms with Gasteiger partial charge in [-0.1, -0.05) is 24.1 Å². The van der Waals surface area contributed by atoms with Crippen LogP contribution in [-0.4, -0.2) is 5.84 Å². The standard InChI is InChI=1S/C9H16ClN3/c1-4-6(2)5-13-9(12)8(11)7(3)10/h5H,4,11H2,1-3H3,(H2,12,13)/b6-5?,8-7-. The quantitative estimate of drug-likeness (QED) is 0.543. The molecule has 0 bridgehead atoms. The van der Waals surface area contributed by atoms with Crippen molar-refractivity contribution in [3.05, 3.63) is 22.5 Å². The third-order valence-corrected chi connectivity index (χ3v) is 1.83. The summed E-state index contributed by atoms with van der Waals surface area (Å²) in [5.41, 5.74) is 12.6. The van der Waals surface area contributed by atoms with Crippen LogP contribution in [0.2, 0.25) is 0 Å². The molecular formula is C9H16ClN3. The number of halogens is 1. The lowest BCUT2D eigenvalue weighted by Gasteiger charge is -2.00. The Balaban J connectivity index is 4.61. The van der Waals surface area contributed by atoms with Crippen molar-refractivity contribution in [2.45, 2.75) is 27.2 Å². The minimum Gasteiger partial charge on any atom is -0.395 e. The molecule has 0 saturated carbocycles. The van der Waals surface area contributed by atoms with Gasteiger partial charge in [-0.05, 0) is 20.3 Å². The molecule has 4 N–H and O–H groups in total. The van der Waals surface area contributed by atoms with Crippen LogP contribution in [0, 0.1) is 0 Å². The van der Waals surface area contributed by atoms with E-state index in [9.17, 15) is 0 Å². The largest absolute Gasteiger partial charge is 0.395 e. The van der Waals surface area contributed by atoms with E-state index in [0.29, 0.717) is 10.7 Å². The Morgan fingerprint density at radius 1 is 1.38 bits per heavy atom. The summed E-state index contributed by atoms with van der Waals surface area (Å²) in [6.45, 7) is 5.70. The summed E-state index contributed by atoms with van der Waals surface area (Å²) < 4.78 is 0. The van der Waals surface area contributed by atoms with E-state index in [1.165, 1.54) is 0 Å². The van der Waals surface area contributed by atoms with Crippen molar-refractivity contribution in [3.63, 3.8) is 0 Å². The highest BCUT2D eigenvalue weighted by Crippen LogP contribution is 2.04. The lowest BCUT2D eigenvalue weighted by molar-refractivity contribution is 1.08. The number of hydrogen-bond donors (Lipinski definition) is 2. The topological polar surface area (TPSA) is 64.4 Å². The van der Waals surface area contributed by atoms with Gasteiger partial charge in [0.2, 0.25) is 0 Å². The van der Waals surface area contributed by atoms with Crippen LogP contribution in [0.15, 0.2) is 27.5 Å². The molecule has 4 heteroatoms. The molecule has 0 amide bonds. The number of amidine groups is 1. The van der Waals surface area contributed by atoms with Crippen LogP contribution >= 0.6 is 11.6 Å². The number of hydrogen-bond acceptors (Lipinski definition) is 2. The summed E-state index contributed by atoms with van der Waals surface area (Å²) in [4.78, 5) is 3.98. The van der Waals surface area contributed by atoms with Crippen LogP contribution in [0.3, 0.4) is 0 Å². The normalized spacial score (nSPS) is 15.7. The van der Waals surface area contributed by atoms with Gasteiger partial charge in [-0.2, -0.15) is 0 Å². The molecule has 0 aliphatic heterocycles. The van der Waals surface area contributed by atoms with Crippen LogP contribution in [0.1, 0.15) is 27.2 Å². The highest BCUT2D eigenvalue weighted by atomic mass is 35.5. The average molecular weight is 202 g/mol. The van der Waals surface area contributed by atoms with Crippen molar-refractivity contribution in [1.82, 2.24) is 0 Å². The predicted molar refractivity (Wildman–Crippen MR) is 58.4 cm³/mol. The molecule has 0 rings (SSSR count). The fourth-order valence-corrected chi connectivity index (χ4v) is 0.614. The lowest BCUT2D eigenvalue weighted by atomic mass is 10.3. The monoisotopic (exact) mass is 201 g/mol. The van der Waals surface area contributed by atoms with Gasteiger partial charge in [0.05, 0.1) is 5.70 Å². The van der Waals surface area contributed by atoms with Crippen LogP contribution in [0.5, 0.6) is 0 Å². The predicted octanol–water partition coefficient (Wildman–Crippen LogP) is 2.09. The molecule has 0 aliphatic carbocycles. The van der Waals surface area contributed by atoms with Gasteiger partial charge in [0.1, 0.15) is 5.84 Å². The first-order valence-electron chi connectivity index (χ1n) is 4.10. The molecule has 0 radical (unpaired) electrons. The van der Waals surface area contributed by atoms with Gasteiger partial charge in [-0.15, -0.1) is 0 Å². The van der Waals surface area contributed by atoms with Crippen molar-refractivity contribution in [1.29, 1.82) is 0 Å². The van der Waals surface area contributed by atoms with Gasteiger partial charge in [0.25, 0.3) is 0 Å². The molecular weight excluding hydrogens is 186 g/mol. The molecule has 74 valence electrons. The Kier molecular flexibility index (Phi) is 5.23. The van der Waals surface area contributed by atoms with Crippen molar-refractivity contribution in [3.8, 4) is 0 Å². The Bertz CT molecular complexity index is 260. The Morgan fingerprint density at radius 2 is 1.92 bits per heavy atom. The molecule has 0 aromatic rings. The van der Waals surface area contributed by atoms with Crippen LogP contribution in [0.4, 0.5) is 0 Å².